The van der Waals surface area contributed by atoms with Crippen molar-refractivity contribution in [1.29, 1.82) is 0 Å². The van der Waals surface area contributed by atoms with Crippen LogP contribution in [0.3, 0.4) is 0 Å². The van der Waals surface area contributed by atoms with E-state index in [2.05, 4.69) is 15.3 Å². The molecular weight excluding hydrogens is 260 g/mol. The summed E-state index contributed by atoms with van der Waals surface area (Å²) in [4.78, 5) is 20.0. The second-order valence-electron chi connectivity index (χ2n) is 4.06. The Bertz CT molecular complexity index is 602. The molecule has 0 radical (unpaired) electrons. The van der Waals surface area contributed by atoms with E-state index in [-0.39, 0.29) is 11.2 Å². The van der Waals surface area contributed by atoms with Gasteiger partial charge in [-0.3, -0.25) is 4.79 Å². The Morgan fingerprint density at radius 1 is 1.42 bits per heavy atom. The first-order chi connectivity index (χ1) is 9.11. The molecule has 19 heavy (non-hydrogen) atoms. The molecule has 0 spiro atoms. The number of thioether (sulfide) groups is 1. The fraction of sp³-hybridized carbons (Fsp3) is 0.308. The SMILES string of the molecule is CCNc1nc(S[C@H](C)C(N)=O)nc2ccccc12. The van der Waals surface area contributed by atoms with Crippen molar-refractivity contribution in [2.45, 2.75) is 24.3 Å². The molecule has 1 amide bonds. The molecule has 0 bridgehead atoms. The van der Waals surface area contributed by atoms with Crippen molar-refractivity contribution in [3.05, 3.63) is 24.3 Å². The summed E-state index contributed by atoms with van der Waals surface area (Å²) in [7, 11) is 0. The van der Waals surface area contributed by atoms with Gasteiger partial charge in [-0.15, -0.1) is 0 Å². The zero-order chi connectivity index (χ0) is 13.8. The van der Waals surface area contributed by atoms with E-state index in [1.807, 2.05) is 31.2 Å². The number of amides is 1. The van der Waals surface area contributed by atoms with Crippen molar-refractivity contribution >= 4 is 34.4 Å². The average molecular weight is 276 g/mol. The van der Waals surface area contributed by atoms with Gasteiger partial charge in [0.1, 0.15) is 5.82 Å². The number of fused-ring (bicyclic) bond motifs is 1. The monoisotopic (exact) mass is 276 g/mol. The van der Waals surface area contributed by atoms with Crippen molar-refractivity contribution in [1.82, 2.24) is 9.97 Å². The minimum atomic E-state index is -0.369. The summed E-state index contributed by atoms with van der Waals surface area (Å²) in [5, 5.41) is 4.39. The van der Waals surface area contributed by atoms with Gasteiger partial charge in [-0.25, -0.2) is 9.97 Å². The van der Waals surface area contributed by atoms with Crippen molar-refractivity contribution in [2.75, 3.05) is 11.9 Å². The molecule has 0 saturated carbocycles. The van der Waals surface area contributed by atoms with E-state index < -0.39 is 0 Å². The highest BCUT2D eigenvalue weighted by atomic mass is 32.2. The van der Waals surface area contributed by atoms with Crippen LogP contribution in [0.15, 0.2) is 29.4 Å². The number of benzene rings is 1. The Labute approximate surface area is 116 Å². The third-order valence-electron chi connectivity index (χ3n) is 2.61. The number of nitrogens with zero attached hydrogens (tertiary/aromatic N) is 2. The highest BCUT2D eigenvalue weighted by Crippen LogP contribution is 2.26. The minimum Gasteiger partial charge on any atom is -0.370 e. The molecule has 3 N–H and O–H groups in total. The van der Waals surface area contributed by atoms with Crippen molar-refractivity contribution in [3.8, 4) is 0 Å². The first-order valence-electron chi connectivity index (χ1n) is 6.08. The summed E-state index contributed by atoms with van der Waals surface area (Å²) in [5.41, 5.74) is 6.12. The fourth-order valence-corrected chi connectivity index (χ4v) is 2.35. The van der Waals surface area contributed by atoms with E-state index in [0.717, 1.165) is 23.3 Å². The van der Waals surface area contributed by atoms with Gasteiger partial charge in [-0.2, -0.15) is 0 Å². The second-order valence-corrected chi connectivity index (χ2v) is 5.37. The number of rotatable bonds is 5. The highest BCUT2D eigenvalue weighted by molar-refractivity contribution is 8.00. The van der Waals surface area contributed by atoms with Crippen LogP contribution in [-0.2, 0) is 4.79 Å². The summed E-state index contributed by atoms with van der Waals surface area (Å²) in [6.45, 7) is 4.53. The summed E-state index contributed by atoms with van der Waals surface area (Å²) in [6, 6.07) is 7.78. The molecule has 2 rings (SSSR count). The van der Waals surface area contributed by atoms with E-state index in [0.29, 0.717) is 5.16 Å². The van der Waals surface area contributed by atoms with Crippen LogP contribution in [0.4, 0.5) is 5.82 Å². The predicted molar refractivity (Wildman–Crippen MR) is 78.2 cm³/mol. The largest absolute Gasteiger partial charge is 0.370 e. The number of carbonyl (C=O) groups is 1. The summed E-state index contributed by atoms with van der Waals surface area (Å²) >= 11 is 1.27. The zero-order valence-electron chi connectivity index (χ0n) is 10.9. The number of hydrogen-bond donors (Lipinski definition) is 2. The molecule has 0 saturated heterocycles. The molecule has 0 fully saturated rings. The van der Waals surface area contributed by atoms with Crippen LogP contribution >= 0.6 is 11.8 Å². The van der Waals surface area contributed by atoms with Crippen LogP contribution in [0, 0.1) is 0 Å². The first-order valence-corrected chi connectivity index (χ1v) is 6.96. The maximum atomic E-state index is 11.1. The maximum Gasteiger partial charge on any atom is 0.230 e. The maximum absolute atomic E-state index is 11.1. The smallest absolute Gasteiger partial charge is 0.230 e. The van der Waals surface area contributed by atoms with Crippen molar-refractivity contribution in [2.24, 2.45) is 5.73 Å². The number of nitrogens with one attached hydrogen (secondary N) is 1. The minimum absolute atomic E-state index is 0.351. The molecule has 0 unspecified atom stereocenters. The summed E-state index contributed by atoms with van der Waals surface area (Å²) in [6.07, 6.45) is 0. The third kappa shape index (κ3) is 3.14. The number of aromatic nitrogens is 2. The number of para-hydroxylation sites is 1. The van der Waals surface area contributed by atoms with Crippen molar-refractivity contribution in [3.63, 3.8) is 0 Å². The van der Waals surface area contributed by atoms with Crippen LogP contribution in [0.25, 0.3) is 10.9 Å². The molecule has 6 heteroatoms. The van der Waals surface area contributed by atoms with Crippen molar-refractivity contribution < 1.29 is 4.79 Å². The zero-order valence-corrected chi connectivity index (χ0v) is 11.7. The number of hydrogen-bond acceptors (Lipinski definition) is 5. The molecule has 2 aromatic rings. The Morgan fingerprint density at radius 2 is 2.16 bits per heavy atom. The lowest BCUT2D eigenvalue weighted by atomic mass is 10.2. The Hall–Kier alpha value is -1.82. The topological polar surface area (TPSA) is 80.9 Å². The molecule has 0 aliphatic heterocycles. The van der Waals surface area contributed by atoms with Crippen LogP contribution in [0.1, 0.15) is 13.8 Å². The van der Waals surface area contributed by atoms with Gasteiger partial charge in [0.25, 0.3) is 0 Å². The standard InChI is InChI=1S/C13H16N4OS/c1-3-15-12-9-6-4-5-7-10(9)16-13(17-12)19-8(2)11(14)18/h4-8H,3H2,1-2H3,(H2,14,18)(H,15,16,17)/t8-/m1/s1. The molecule has 1 heterocycles. The molecule has 0 aliphatic rings. The molecular formula is C13H16N4OS. The Morgan fingerprint density at radius 3 is 2.84 bits per heavy atom. The van der Waals surface area contributed by atoms with Crippen LogP contribution in [0.2, 0.25) is 0 Å². The van der Waals surface area contributed by atoms with E-state index in [1.165, 1.54) is 11.8 Å². The lowest BCUT2D eigenvalue weighted by molar-refractivity contribution is -0.117. The summed E-state index contributed by atoms with van der Waals surface area (Å²) < 4.78 is 0. The van der Waals surface area contributed by atoms with Crippen LogP contribution < -0.4 is 11.1 Å². The number of anilines is 1. The van der Waals surface area contributed by atoms with E-state index in [4.69, 9.17) is 5.73 Å². The van der Waals surface area contributed by atoms with Crippen LogP contribution in [0.5, 0.6) is 0 Å². The number of carbonyl (C=O) groups excluding carboxylic acids is 1. The van der Waals surface area contributed by atoms with E-state index >= 15 is 0 Å². The molecule has 100 valence electrons. The van der Waals surface area contributed by atoms with Gasteiger partial charge >= 0.3 is 0 Å². The number of primary amides is 1. The second kappa shape index (κ2) is 5.88. The van der Waals surface area contributed by atoms with Gasteiger partial charge in [0.2, 0.25) is 5.91 Å². The molecule has 0 aliphatic carbocycles. The predicted octanol–water partition coefficient (Wildman–Crippen LogP) is 2.03. The van der Waals surface area contributed by atoms with Gasteiger partial charge in [0.15, 0.2) is 5.16 Å². The number of nitrogens with two attached hydrogens (primary N) is 1. The third-order valence-corrected chi connectivity index (χ3v) is 3.59. The molecule has 1 atom stereocenters. The summed E-state index contributed by atoms with van der Waals surface area (Å²) in [5.74, 6) is 0.416. The average Bonchev–Trinajstić information content (AvgIpc) is 2.39. The lowest BCUT2D eigenvalue weighted by Crippen LogP contribution is -2.22. The normalized spacial score (nSPS) is 12.3. The van der Waals surface area contributed by atoms with Crippen LogP contribution in [-0.4, -0.2) is 27.7 Å². The van der Waals surface area contributed by atoms with Gasteiger partial charge in [0.05, 0.1) is 10.8 Å². The highest BCUT2D eigenvalue weighted by Gasteiger charge is 2.14. The molecule has 1 aromatic heterocycles. The first kappa shape index (κ1) is 13.6. The molecule has 1 aromatic carbocycles. The fourth-order valence-electron chi connectivity index (χ4n) is 1.63. The van der Waals surface area contributed by atoms with E-state index in [1.54, 1.807) is 6.92 Å². The van der Waals surface area contributed by atoms with Gasteiger partial charge in [0, 0.05) is 11.9 Å². The Kier molecular flexibility index (Phi) is 4.21. The van der Waals surface area contributed by atoms with Gasteiger partial charge < -0.3 is 11.1 Å². The van der Waals surface area contributed by atoms with Gasteiger partial charge in [-0.05, 0) is 26.0 Å². The van der Waals surface area contributed by atoms with E-state index in [9.17, 15) is 4.79 Å². The van der Waals surface area contributed by atoms with Gasteiger partial charge in [-0.1, -0.05) is 23.9 Å². The molecule has 5 nitrogen and oxygen atoms in total. The lowest BCUT2D eigenvalue weighted by Gasteiger charge is -2.10. The Balaban J connectivity index is 2.42. The quantitative estimate of drug-likeness (QED) is 0.645.